The van der Waals surface area contributed by atoms with Gasteiger partial charge in [-0.1, -0.05) is 24.3 Å². The first-order chi connectivity index (χ1) is 10.9. The summed E-state index contributed by atoms with van der Waals surface area (Å²) >= 11 is 0. The number of primary amides is 2. The average Bonchev–Trinajstić information content (AvgIpc) is 2.45. The van der Waals surface area contributed by atoms with Crippen LogP contribution in [0.4, 0.5) is 4.79 Å². The van der Waals surface area contributed by atoms with Crippen molar-refractivity contribution in [1.29, 1.82) is 0 Å². The fourth-order valence-corrected chi connectivity index (χ4v) is 2.60. The molecule has 2 amide bonds. The molecule has 11 heteroatoms. The average molecular weight is 374 g/mol. The predicted molar refractivity (Wildman–Crippen MR) is 85.3 cm³/mol. The van der Waals surface area contributed by atoms with E-state index in [4.69, 9.17) is 13.9 Å². The van der Waals surface area contributed by atoms with E-state index in [-0.39, 0.29) is 9.79 Å². The third-order valence-electron chi connectivity index (χ3n) is 2.64. The molecule has 0 atom stereocenters. The Labute approximate surface area is 138 Å². The first-order valence-corrected chi connectivity index (χ1v) is 8.99. The lowest BCUT2D eigenvalue weighted by Gasteiger charge is -2.04. The normalized spacial score (nSPS) is 11.2. The molecule has 0 saturated heterocycles. The summed E-state index contributed by atoms with van der Waals surface area (Å²) in [4.78, 5) is 8.55. The topological polar surface area (TPSA) is 178 Å². The Kier molecular flexibility index (Phi) is 6.04. The quantitative estimate of drug-likeness (QED) is 0.575. The smallest absolute Gasteiger partial charge is 0.309 e. The van der Waals surface area contributed by atoms with Gasteiger partial charge >= 0.3 is 6.03 Å². The third-order valence-corrected chi connectivity index (χ3v) is 4.37. The Balaban J connectivity index is 0.000000648. The molecule has 6 N–H and O–H groups in total. The number of amides is 2. The Bertz CT molecular complexity index is 842. The minimum absolute atomic E-state index is 0.226. The first kappa shape index (κ1) is 19.6. The Morgan fingerprint density at radius 3 is 1.04 bits per heavy atom. The van der Waals surface area contributed by atoms with E-state index in [0.29, 0.717) is 11.1 Å². The molecule has 24 heavy (non-hydrogen) atoms. The van der Waals surface area contributed by atoms with Gasteiger partial charge in [0.15, 0.2) is 0 Å². The van der Waals surface area contributed by atoms with E-state index < -0.39 is 26.3 Å². The number of hydrogen-bond donors (Lipinski definition) is 4. The second-order valence-corrected chi connectivity index (χ2v) is 7.24. The number of rotatable bonds is 3. The summed E-state index contributed by atoms with van der Waals surface area (Å²) in [5.41, 5.74) is 9.78. The summed E-state index contributed by atoms with van der Waals surface area (Å²) in [6.07, 6.45) is 0. The molecule has 0 aliphatic carbocycles. The maximum atomic E-state index is 10.9. The fourth-order valence-electron chi connectivity index (χ4n) is 1.64. The van der Waals surface area contributed by atoms with Crippen LogP contribution in [0.15, 0.2) is 58.3 Å². The van der Waals surface area contributed by atoms with Crippen LogP contribution in [0.5, 0.6) is 0 Å². The monoisotopic (exact) mass is 374 g/mol. The van der Waals surface area contributed by atoms with Crippen molar-refractivity contribution < 1.29 is 30.7 Å². The van der Waals surface area contributed by atoms with Crippen LogP contribution in [0, 0.1) is 0 Å². The number of urea groups is 1. The molecule has 0 radical (unpaired) electrons. The highest BCUT2D eigenvalue weighted by Crippen LogP contribution is 2.22. The van der Waals surface area contributed by atoms with Crippen molar-refractivity contribution >= 4 is 26.3 Å². The molecule has 0 aliphatic rings. The molecule has 0 spiro atoms. The van der Waals surface area contributed by atoms with Crippen molar-refractivity contribution in [3.8, 4) is 11.1 Å². The van der Waals surface area contributed by atoms with E-state index in [2.05, 4.69) is 11.5 Å². The van der Waals surface area contributed by atoms with Crippen LogP contribution in [0.25, 0.3) is 11.1 Å². The van der Waals surface area contributed by atoms with Crippen LogP contribution in [0.2, 0.25) is 0 Å². The van der Waals surface area contributed by atoms with Crippen LogP contribution in [-0.2, 0) is 20.2 Å². The summed E-state index contributed by atoms with van der Waals surface area (Å²) in [6.45, 7) is 0. The second kappa shape index (κ2) is 7.40. The van der Waals surface area contributed by atoms with Gasteiger partial charge in [-0.15, -0.1) is 0 Å². The van der Waals surface area contributed by atoms with Gasteiger partial charge in [-0.25, -0.2) is 4.79 Å². The van der Waals surface area contributed by atoms with Gasteiger partial charge in [0.2, 0.25) is 0 Å². The van der Waals surface area contributed by atoms with Crippen LogP contribution in [-0.4, -0.2) is 32.0 Å². The van der Waals surface area contributed by atoms with Gasteiger partial charge in [0, 0.05) is 0 Å². The van der Waals surface area contributed by atoms with Crippen molar-refractivity contribution in [3.05, 3.63) is 48.5 Å². The van der Waals surface area contributed by atoms with Gasteiger partial charge in [0.05, 0.1) is 9.79 Å². The molecular formula is C13H14N2O7S2. The number of carbonyl (C=O) groups excluding carboxylic acids is 1. The number of carbonyl (C=O) groups is 1. The molecule has 9 nitrogen and oxygen atoms in total. The van der Waals surface area contributed by atoms with Gasteiger partial charge in [0.25, 0.3) is 20.2 Å². The van der Waals surface area contributed by atoms with Crippen LogP contribution >= 0.6 is 0 Å². The van der Waals surface area contributed by atoms with Crippen molar-refractivity contribution in [2.45, 2.75) is 9.79 Å². The molecule has 130 valence electrons. The SMILES string of the molecule is NC(N)=O.O=S(=O)(O)c1ccc(-c2ccc(S(=O)(=O)O)cc2)cc1. The zero-order valence-electron chi connectivity index (χ0n) is 12.0. The Morgan fingerprint density at radius 2 is 0.875 bits per heavy atom. The molecule has 0 aromatic heterocycles. The number of nitrogens with two attached hydrogens (primary N) is 2. The largest absolute Gasteiger partial charge is 0.352 e. The molecule has 2 rings (SSSR count). The van der Waals surface area contributed by atoms with Crippen molar-refractivity contribution in [2.24, 2.45) is 11.5 Å². The standard InChI is InChI=1S/C12H10O6S2.CH4N2O/c13-19(14,15)11-5-1-9(2-6-11)10-3-7-12(8-4-10)20(16,17)18;2-1(3)4/h1-8H,(H,13,14,15)(H,16,17,18);(H4,2,3,4). The van der Waals surface area contributed by atoms with E-state index in [0.717, 1.165) is 0 Å². The lowest BCUT2D eigenvalue weighted by Crippen LogP contribution is -2.18. The summed E-state index contributed by atoms with van der Waals surface area (Å²) in [7, 11) is -8.48. The molecule has 0 unspecified atom stereocenters. The van der Waals surface area contributed by atoms with E-state index in [1.54, 1.807) is 0 Å². The van der Waals surface area contributed by atoms with E-state index in [1.807, 2.05) is 0 Å². The lowest BCUT2D eigenvalue weighted by molar-refractivity contribution is 0.256. The van der Waals surface area contributed by atoms with Gasteiger partial charge in [-0.05, 0) is 35.4 Å². The van der Waals surface area contributed by atoms with Crippen molar-refractivity contribution in [2.75, 3.05) is 0 Å². The van der Waals surface area contributed by atoms with Gasteiger partial charge in [-0.3, -0.25) is 9.11 Å². The van der Waals surface area contributed by atoms with Crippen molar-refractivity contribution in [1.82, 2.24) is 0 Å². The highest BCUT2D eigenvalue weighted by Gasteiger charge is 2.11. The minimum atomic E-state index is -4.24. The third kappa shape index (κ3) is 5.96. The maximum absolute atomic E-state index is 10.9. The van der Waals surface area contributed by atoms with Gasteiger partial charge < -0.3 is 11.5 Å². The van der Waals surface area contributed by atoms with Gasteiger partial charge in [-0.2, -0.15) is 16.8 Å². The van der Waals surface area contributed by atoms with Crippen LogP contribution < -0.4 is 11.5 Å². The molecule has 0 heterocycles. The summed E-state index contributed by atoms with van der Waals surface area (Å²) in [6, 6.07) is 10.0. The first-order valence-electron chi connectivity index (χ1n) is 6.11. The Morgan fingerprint density at radius 1 is 0.667 bits per heavy atom. The van der Waals surface area contributed by atoms with E-state index in [9.17, 15) is 16.8 Å². The summed E-state index contributed by atoms with van der Waals surface area (Å²) in [5, 5.41) is 0. The molecule has 0 bridgehead atoms. The minimum Gasteiger partial charge on any atom is -0.352 e. The molecular weight excluding hydrogens is 360 g/mol. The van der Waals surface area contributed by atoms with Gasteiger partial charge in [0.1, 0.15) is 0 Å². The summed E-state index contributed by atoms with van der Waals surface area (Å²) < 4.78 is 61.3. The number of benzene rings is 2. The predicted octanol–water partition coefficient (Wildman–Crippen LogP) is 0.871. The highest BCUT2D eigenvalue weighted by molar-refractivity contribution is 7.86. The molecule has 0 aliphatic heterocycles. The molecule has 0 fully saturated rings. The number of hydrogen-bond acceptors (Lipinski definition) is 5. The molecule has 2 aromatic rings. The van der Waals surface area contributed by atoms with Crippen LogP contribution in [0.1, 0.15) is 0 Å². The maximum Gasteiger partial charge on any atom is 0.309 e. The summed E-state index contributed by atoms with van der Waals surface area (Å²) in [5.74, 6) is 0. The van der Waals surface area contributed by atoms with E-state index >= 15 is 0 Å². The van der Waals surface area contributed by atoms with Crippen LogP contribution in [0.3, 0.4) is 0 Å². The van der Waals surface area contributed by atoms with E-state index in [1.165, 1.54) is 48.5 Å². The zero-order valence-corrected chi connectivity index (χ0v) is 13.7. The second-order valence-electron chi connectivity index (χ2n) is 4.40. The highest BCUT2D eigenvalue weighted by atomic mass is 32.2. The Hall–Kier alpha value is -2.47. The molecule has 2 aromatic carbocycles. The zero-order chi connectivity index (χ0) is 18.5. The lowest BCUT2D eigenvalue weighted by atomic mass is 10.1. The molecule has 0 saturated carbocycles. The van der Waals surface area contributed by atoms with Crippen molar-refractivity contribution in [3.63, 3.8) is 0 Å². The fraction of sp³-hybridized carbons (Fsp3) is 0.